The molecule has 0 atom stereocenters. The number of nitrogens with zero attached hydrogens (tertiary/aromatic N) is 1. The lowest BCUT2D eigenvalue weighted by Crippen LogP contribution is -1.86. The van der Waals surface area contributed by atoms with Crippen LogP contribution in [0.15, 0.2) is 30.3 Å². The third-order valence-corrected chi connectivity index (χ3v) is 3.48. The third-order valence-electron chi connectivity index (χ3n) is 3.07. The number of aromatic nitrogens is 2. The molecule has 3 rings (SSSR count). The van der Waals surface area contributed by atoms with Crippen LogP contribution in [0.3, 0.4) is 0 Å². The van der Waals surface area contributed by atoms with Crippen molar-refractivity contribution in [2.24, 2.45) is 0 Å². The monoisotopic (exact) mass is 278 g/mol. The maximum atomic E-state index is 13.6. The van der Waals surface area contributed by atoms with Crippen molar-refractivity contribution < 1.29 is 8.78 Å². The van der Waals surface area contributed by atoms with Gasteiger partial charge in [0.1, 0.15) is 11.3 Å². The summed E-state index contributed by atoms with van der Waals surface area (Å²) in [5, 5.41) is 0.601. The van der Waals surface area contributed by atoms with Gasteiger partial charge in [-0.05, 0) is 30.7 Å². The molecule has 1 N–H and O–H groups in total. The van der Waals surface area contributed by atoms with Crippen molar-refractivity contribution in [2.75, 3.05) is 0 Å². The molecule has 0 radical (unpaired) electrons. The number of rotatable bonds is 1. The van der Waals surface area contributed by atoms with Gasteiger partial charge in [-0.15, -0.1) is 0 Å². The van der Waals surface area contributed by atoms with E-state index >= 15 is 0 Å². The van der Waals surface area contributed by atoms with Crippen molar-refractivity contribution >= 4 is 22.6 Å². The highest BCUT2D eigenvalue weighted by molar-refractivity contribution is 6.31. The molecule has 5 heteroatoms. The van der Waals surface area contributed by atoms with Crippen LogP contribution >= 0.6 is 11.6 Å². The first-order valence-electron chi connectivity index (χ1n) is 5.67. The number of benzene rings is 2. The van der Waals surface area contributed by atoms with Crippen LogP contribution in [-0.2, 0) is 0 Å². The highest BCUT2D eigenvalue weighted by atomic mass is 35.5. The standard InChI is InChI=1S/C14H9ClF2N2/c1-7-8(3-2-4-9(7)15)14-18-11-6-5-10(16)12(17)13(11)19-14/h2-6H,1H3,(H,18,19). The second-order valence-corrected chi connectivity index (χ2v) is 4.66. The van der Waals surface area contributed by atoms with Crippen LogP contribution in [0.2, 0.25) is 5.02 Å². The first kappa shape index (κ1) is 12.1. The Hall–Kier alpha value is -1.94. The van der Waals surface area contributed by atoms with Gasteiger partial charge in [0.25, 0.3) is 0 Å². The van der Waals surface area contributed by atoms with Crippen molar-refractivity contribution in [1.82, 2.24) is 9.97 Å². The molecule has 0 unspecified atom stereocenters. The van der Waals surface area contributed by atoms with Crippen LogP contribution in [0.1, 0.15) is 5.56 Å². The summed E-state index contributed by atoms with van der Waals surface area (Å²) in [5.41, 5.74) is 2.05. The molecule has 0 saturated heterocycles. The molecule has 2 aromatic carbocycles. The Balaban J connectivity index is 2.27. The molecule has 19 heavy (non-hydrogen) atoms. The highest BCUT2D eigenvalue weighted by Gasteiger charge is 2.14. The molecule has 0 aliphatic carbocycles. The number of aromatic amines is 1. The molecule has 0 bridgehead atoms. The second-order valence-electron chi connectivity index (χ2n) is 4.26. The molecule has 96 valence electrons. The van der Waals surface area contributed by atoms with Gasteiger partial charge < -0.3 is 4.98 Å². The molecule has 0 saturated carbocycles. The normalized spacial score (nSPS) is 11.2. The van der Waals surface area contributed by atoms with Crippen molar-refractivity contribution in [2.45, 2.75) is 6.92 Å². The minimum Gasteiger partial charge on any atom is -0.338 e. The topological polar surface area (TPSA) is 28.7 Å². The molecule has 2 nitrogen and oxygen atoms in total. The molecule has 0 spiro atoms. The Bertz CT molecular complexity index is 780. The number of hydrogen-bond acceptors (Lipinski definition) is 1. The SMILES string of the molecule is Cc1c(Cl)cccc1-c1nc2c(F)c(F)ccc2[nH]1. The Kier molecular flexibility index (Phi) is 2.75. The summed E-state index contributed by atoms with van der Waals surface area (Å²) in [7, 11) is 0. The second kappa shape index (κ2) is 4.31. The van der Waals surface area contributed by atoms with Gasteiger partial charge in [0, 0.05) is 10.6 Å². The number of imidazole rings is 1. The molecule has 1 aromatic heterocycles. The number of H-pyrrole nitrogens is 1. The van der Waals surface area contributed by atoms with E-state index in [1.165, 1.54) is 6.07 Å². The summed E-state index contributed by atoms with van der Waals surface area (Å²) in [6, 6.07) is 7.92. The van der Waals surface area contributed by atoms with Gasteiger partial charge in [-0.2, -0.15) is 0 Å². The van der Waals surface area contributed by atoms with Crippen LogP contribution < -0.4 is 0 Å². The van der Waals surface area contributed by atoms with Gasteiger partial charge >= 0.3 is 0 Å². The maximum absolute atomic E-state index is 13.6. The maximum Gasteiger partial charge on any atom is 0.186 e. The van der Waals surface area contributed by atoms with Crippen LogP contribution in [-0.4, -0.2) is 9.97 Å². The van der Waals surface area contributed by atoms with Crippen molar-refractivity contribution in [1.29, 1.82) is 0 Å². The van der Waals surface area contributed by atoms with E-state index in [4.69, 9.17) is 11.6 Å². The van der Waals surface area contributed by atoms with Crippen molar-refractivity contribution in [3.05, 3.63) is 52.6 Å². The Morgan fingerprint density at radius 2 is 1.95 bits per heavy atom. The predicted molar refractivity (Wildman–Crippen MR) is 71.2 cm³/mol. The fourth-order valence-corrected chi connectivity index (χ4v) is 2.18. The highest BCUT2D eigenvalue weighted by Crippen LogP contribution is 2.29. The molecule has 3 aromatic rings. The van der Waals surface area contributed by atoms with Crippen LogP contribution in [0.4, 0.5) is 8.78 Å². The Morgan fingerprint density at radius 1 is 1.16 bits per heavy atom. The van der Waals surface area contributed by atoms with E-state index in [2.05, 4.69) is 9.97 Å². The van der Waals surface area contributed by atoms with E-state index in [-0.39, 0.29) is 5.52 Å². The van der Waals surface area contributed by atoms with Crippen LogP contribution in [0.25, 0.3) is 22.4 Å². The molecule has 0 aliphatic rings. The zero-order valence-electron chi connectivity index (χ0n) is 9.97. The molecule has 0 aliphatic heterocycles. The first-order chi connectivity index (χ1) is 9.08. The van der Waals surface area contributed by atoms with Crippen LogP contribution in [0.5, 0.6) is 0 Å². The number of halogens is 3. The van der Waals surface area contributed by atoms with Gasteiger partial charge in [-0.1, -0.05) is 23.7 Å². The van der Waals surface area contributed by atoms with Gasteiger partial charge in [-0.3, -0.25) is 0 Å². The number of fused-ring (bicyclic) bond motifs is 1. The molecule has 0 amide bonds. The van der Waals surface area contributed by atoms with Gasteiger partial charge in [0.2, 0.25) is 0 Å². The fraction of sp³-hybridized carbons (Fsp3) is 0.0714. The summed E-state index contributed by atoms with van der Waals surface area (Å²) < 4.78 is 26.8. The lowest BCUT2D eigenvalue weighted by atomic mass is 10.1. The van der Waals surface area contributed by atoms with Gasteiger partial charge in [0.05, 0.1) is 5.52 Å². The average Bonchev–Trinajstić information content (AvgIpc) is 2.82. The summed E-state index contributed by atoms with van der Waals surface area (Å²) in [6.07, 6.45) is 0. The largest absolute Gasteiger partial charge is 0.338 e. The lowest BCUT2D eigenvalue weighted by molar-refractivity contribution is 0.515. The molecule has 1 heterocycles. The molecule has 0 fully saturated rings. The first-order valence-corrected chi connectivity index (χ1v) is 6.05. The van der Waals surface area contributed by atoms with Crippen molar-refractivity contribution in [3.8, 4) is 11.4 Å². The van der Waals surface area contributed by atoms with E-state index in [9.17, 15) is 8.78 Å². The molecular weight excluding hydrogens is 270 g/mol. The van der Waals surface area contributed by atoms with E-state index in [1.54, 1.807) is 12.1 Å². The number of hydrogen-bond donors (Lipinski definition) is 1. The summed E-state index contributed by atoms with van der Waals surface area (Å²) in [5.74, 6) is -1.38. The average molecular weight is 279 g/mol. The zero-order chi connectivity index (χ0) is 13.6. The van der Waals surface area contributed by atoms with E-state index < -0.39 is 11.6 Å². The van der Waals surface area contributed by atoms with Gasteiger partial charge in [0.15, 0.2) is 11.6 Å². The lowest BCUT2D eigenvalue weighted by Gasteiger charge is -2.03. The number of nitrogens with one attached hydrogen (secondary N) is 1. The van der Waals surface area contributed by atoms with E-state index in [0.717, 1.165) is 17.2 Å². The Labute approximate surface area is 113 Å². The quantitative estimate of drug-likeness (QED) is 0.699. The summed E-state index contributed by atoms with van der Waals surface area (Å²) in [6.45, 7) is 1.85. The smallest absolute Gasteiger partial charge is 0.186 e. The van der Waals surface area contributed by atoms with Gasteiger partial charge in [-0.25, -0.2) is 13.8 Å². The zero-order valence-corrected chi connectivity index (χ0v) is 10.7. The van der Waals surface area contributed by atoms with Crippen molar-refractivity contribution in [3.63, 3.8) is 0 Å². The summed E-state index contributed by atoms with van der Waals surface area (Å²) >= 11 is 6.04. The molecular formula is C14H9ClF2N2. The van der Waals surface area contributed by atoms with E-state index in [1.807, 2.05) is 13.0 Å². The Morgan fingerprint density at radius 3 is 2.74 bits per heavy atom. The summed E-state index contributed by atoms with van der Waals surface area (Å²) in [4.78, 5) is 7.09. The minimum atomic E-state index is -0.945. The van der Waals surface area contributed by atoms with E-state index in [0.29, 0.717) is 16.4 Å². The third kappa shape index (κ3) is 1.88. The predicted octanol–water partition coefficient (Wildman–Crippen LogP) is 4.47. The van der Waals surface area contributed by atoms with Crippen LogP contribution in [0, 0.1) is 18.6 Å². The minimum absolute atomic E-state index is 0.00521. The fourth-order valence-electron chi connectivity index (χ4n) is 2.01.